The van der Waals surface area contributed by atoms with E-state index in [1.807, 2.05) is 30.3 Å². The number of hydrogen-bond acceptors (Lipinski definition) is 5. The molecular formula is C22H21FN2O4. The molecule has 2 aromatic carbocycles. The molecule has 1 atom stereocenters. The second-order valence-corrected chi connectivity index (χ2v) is 6.64. The number of hydrogen-bond donors (Lipinski definition) is 0. The van der Waals surface area contributed by atoms with Gasteiger partial charge >= 0.3 is 5.97 Å². The number of ether oxygens (including phenoxy) is 1. The highest BCUT2D eigenvalue weighted by molar-refractivity contribution is 5.83. The summed E-state index contributed by atoms with van der Waals surface area (Å²) >= 11 is 0. The molecule has 0 spiro atoms. The molecule has 0 saturated heterocycles. The van der Waals surface area contributed by atoms with Gasteiger partial charge in [0.05, 0.1) is 12.1 Å². The number of oxazole rings is 1. The Kier molecular flexibility index (Phi) is 6.39. The normalized spacial score (nSPS) is 11.7. The van der Waals surface area contributed by atoms with E-state index in [4.69, 9.17) is 9.15 Å². The summed E-state index contributed by atoms with van der Waals surface area (Å²) in [5.41, 5.74) is 1.87. The summed E-state index contributed by atoms with van der Waals surface area (Å²) in [5.74, 6) is -0.927. The van der Waals surface area contributed by atoms with Crippen molar-refractivity contribution in [3.63, 3.8) is 0 Å². The number of aromatic nitrogens is 1. The summed E-state index contributed by atoms with van der Waals surface area (Å²) in [6, 6.07) is 15.3. The minimum absolute atomic E-state index is 0.110. The monoisotopic (exact) mass is 396 g/mol. The Balaban J connectivity index is 1.53. The van der Waals surface area contributed by atoms with Crippen LogP contribution in [0.3, 0.4) is 0 Å². The molecule has 0 radical (unpaired) electrons. The SMILES string of the molecule is CC(OC(=O)Cc1coc(-c2ccccc2)n1)C(=O)N(C)Cc1cccc(F)c1. The largest absolute Gasteiger partial charge is 0.452 e. The predicted octanol–water partition coefficient (Wildman–Crippen LogP) is 3.61. The summed E-state index contributed by atoms with van der Waals surface area (Å²) in [4.78, 5) is 30.3. The Morgan fingerprint density at radius 1 is 1.17 bits per heavy atom. The maximum atomic E-state index is 13.3. The topological polar surface area (TPSA) is 72.6 Å². The number of likely N-dealkylation sites (N-methyl/N-ethyl adjacent to an activating group) is 1. The Hall–Kier alpha value is -3.48. The van der Waals surface area contributed by atoms with Gasteiger partial charge in [0.1, 0.15) is 12.1 Å². The van der Waals surface area contributed by atoms with E-state index >= 15 is 0 Å². The highest BCUT2D eigenvalue weighted by Gasteiger charge is 2.22. The van der Waals surface area contributed by atoms with Gasteiger partial charge in [0.25, 0.3) is 5.91 Å². The average Bonchev–Trinajstić information content (AvgIpc) is 3.16. The van der Waals surface area contributed by atoms with Gasteiger partial charge in [0, 0.05) is 19.2 Å². The van der Waals surface area contributed by atoms with Gasteiger partial charge in [-0.05, 0) is 36.8 Å². The molecule has 1 heterocycles. The van der Waals surface area contributed by atoms with Crippen LogP contribution in [-0.2, 0) is 27.3 Å². The average molecular weight is 396 g/mol. The van der Waals surface area contributed by atoms with Gasteiger partial charge in [0.15, 0.2) is 6.10 Å². The van der Waals surface area contributed by atoms with Crippen LogP contribution in [0.5, 0.6) is 0 Å². The molecule has 1 aromatic heterocycles. The molecule has 6 nitrogen and oxygen atoms in total. The van der Waals surface area contributed by atoms with E-state index in [0.29, 0.717) is 17.1 Å². The van der Waals surface area contributed by atoms with Crippen molar-refractivity contribution in [3.8, 4) is 11.5 Å². The quantitative estimate of drug-likeness (QED) is 0.571. The second-order valence-electron chi connectivity index (χ2n) is 6.64. The first-order valence-electron chi connectivity index (χ1n) is 9.11. The summed E-state index contributed by atoms with van der Waals surface area (Å²) in [6.45, 7) is 1.71. The van der Waals surface area contributed by atoms with E-state index in [-0.39, 0.29) is 24.7 Å². The van der Waals surface area contributed by atoms with Gasteiger partial charge in [0.2, 0.25) is 5.89 Å². The minimum Gasteiger partial charge on any atom is -0.452 e. The van der Waals surface area contributed by atoms with Crippen LogP contribution in [0, 0.1) is 5.82 Å². The van der Waals surface area contributed by atoms with Crippen molar-refractivity contribution in [2.45, 2.75) is 26.0 Å². The number of amides is 1. The fourth-order valence-corrected chi connectivity index (χ4v) is 2.84. The molecule has 0 bridgehead atoms. The van der Waals surface area contributed by atoms with Crippen LogP contribution in [0.15, 0.2) is 65.3 Å². The van der Waals surface area contributed by atoms with E-state index in [9.17, 15) is 14.0 Å². The number of rotatable bonds is 7. The fourth-order valence-electron chi connectivity index (χ4n) is 2.84. The smallest absolute Gasteiger partial charge is 0.312 e. The number of carbonyl (C=O) groups excluding carboxylic acids is 2. The second kappa shape index (κ2) is 9.14. The van der Waals surface area contributed by atoms with Gasteiger partial charge in [-0.3, -0.25) is 9.59 Å². The molecule has 7 heteroatoms. The number of benzene rings is 2. The Morgan fingerprint density at radius 2 is 1.93 bits per heavy atom. The van der Waals surface area contributed by atoms with Crippen molar-refractivity contribution in [1.82, 2.24) is 9.88 Å². The molecule has 0 saturated carbocycles. The van der Waals surface area contributed by atoms with Gasteiger partial charge < -0.3 is 14.1 Å². The molecule has 0 aliphatic heterocycles. The van der Waals surface area contributed by atoms with E-state index in [0.717, 1.165) is 5.56 Å². The molecule has 29 heavy (non-hydrogen) atoms. The third-order valence-corrected chi connectivity index (χ3v) is 4.24. The molecule has 0 N–H and O–H groups in total. The molecule has 0 aliphatic carbocycles. The van der Waals surface area contributed by atoms with Crippen LogP contribution in [0.4, 0.5) is 4.39 Å². The fraction of sp³-hybridized carbons (Fsp3) is 0.227. The first-order valence-corrected chi connectivity index (χ1v) is 9.11. The molecular weight excluding hydrogens is 375 g/mol. The van der Waals surface area contributed by atoms with Crippen LogP contribution in [0.1, 0.15) is 18.2 Å². The van der Waals surface area contributed by atoms with Crippen molar-refractivity contribution in [2.75, 3.05) is 7.05 Å². The van der Waals surface area contributed by atoms with Crippen molar-refractivity contribution >= 4 is 11.9 Å². The van der Waals surface area contributed by atoms with E-state index in [1.165, 1.54) is 30.2 Å². The highest BCUT2D eigenvalue weighted by Crippen LogP contribution is 2.18. The number of nitrogens with zero attached hydrogens (tertiary/aromatic N) is 2. The number of carbonyl (C=O) groups is 2. The standard InChI is InChI=1S/C22H21FN2O4/c1-15(22(27)25(2)13-16-7-6-10-18(23)11-16)29-20(26)12-19-14-28-21(24-19)17-8-4-3-5-9-17/h3-11,14-15H,12-13H2,1-2H3. The van der Waals surface area contributed by atoms with Gasteiger partial charge in [-0.25, -0.2) is 9.37 Å². The van der Waals surface area contributed by atoms with Crippen LogP contribution >= 0.6 is 0 Å². The molecule has 150 valence electrons. The van der Waals surface area contributed by atoms with Crippen molar-refractivity contribution in [2.24, 2.45) is 0 Å². The molecule has 0 fully saturated rings. The maximum absolute atomic E-state index is 13.3. The summed E-state index contributed by atoms with van der Waals surface area (Å²) in [5, 5.41) is 0. The van der Waals surface area contributed by atoms with Gasteiger partial charge in [-0.15, -0.1) is 0 Å². The summed E-state index contributed by atoms with van der Waals surface area (Å²) in [7, 11) is 1.57. The Labute approximate surface area is 167 Å². The zero-order chi connectivity index (χ0) is 20.8. The third-order valence-electron chi connectivity index (χ3n) is 4.24. The molecule has 3 aromatic rings. The third kappa shape index (κ3) is 5.51. The molecule has 0 aliphatic rings. The Bertz CT molecular complexity index is 987. The lowest BCUT2D eigenvalue weighted by Gasteiger charge is -2.21. The Morgan fingerprint density at radius 3 is 2.66 bits per heavy atom. The van der Waals surface area contributed by atoms with Crippen LogP contribution < -0.4 is 0 Å². The minimum atomic E-state index is -0.971. The zero-order valence-electron chi connectivity index (χ0n) is 16.2. The summed E-state index contributed by atoms with van der Waals surface area (Å²) in [6.07, 6.45) is 0.315. The molecule has 1 amide bonds. The lowest BCUT2D eigenvalue weighted by Crippen LogP contribution is -2.37. The lowest BCUT2D eigenvalue weighted by atomic mass is 10.2. The van der Waals surface area contributed by atoms with Crippen LogP contribution in [0.2, 0.25) is 0 Å². The predicted molar refractivity (Wildman–Crippen MR) is 104 cm³/mol. The molecule has 1 unspecified atom stereocenters. The maximum Gasteiger partial charge on any atom is 0.312 e. The van der Waals surface area contributed by atoms with Crippen LogP contribution in [0.25, 0.3) is 11.5 Å². The van der Waals surface area contributed by atoms with Crippen molar-refractivity contribution < 1.29 is 23.1 Å². The van der Waals surface area contributed by atoms with Gasteiger partial charge in [-0.2, -0.15) is 0 Å². The van der Waals surface area contributed by atoms with E-state index in [2.05, 4.69) is 4.98 Å². The van der Waals surface area contributed by atoms with Crippen molar-refractivity contribution in [1.29, 1.82) is 0 Å². The van der Waals surface area contributed by atoms with E-state index < -0.39 is 12.1 Å². The van der Waals surface area contributed by atoms with Crippen molar-refractivity contribution in [3.05, 3.63) is 77.9 Å². The number of halogens is 1. The summed E-state index contributed by atoms with van der Waals surface area (Å²) < 4.78 is 23.9. The lowest BCUT2D eigenvalue weighted by molar-refractivity contribution is -0.158. The van der Waals surface area contributed by atoms with E-state index in [1.54, 1.807) is 19.2 Å². The zero-order valence-corrected chi connectivity index (χ0v) is 16.2. The first-order chi connectivity index (χ1) is 13.9. The molecule has 3 rings (SSSR count). The van der Waals surface area contributed by atoms with Gasteiger partial charge in [-0.1, -0.05) is 30.3 Å². The van der Waals surface area contributed by atoms with Crippen LogP contribution in [-0.4, -0.2) is 34.9 Å². The highest BCUT2D eigenvalue weighted by atomic mass is 19.1. The first kappa shape index (κ1) is 20.3. The number of esters is 1.